The number of allylic oxidation sites excluding steroid dienone is 1. The van der Waals surface area contributed by atoms with Crippen molar-refractivity contribution in [2.24, 2.45) is 57.7 Å². The Hall–Kier alpha value is -1.24. The fourth-order valence-corrected chi connectivity index (χ4v) is 14.3. The zero-order chi connectivity index (χ0) is 32.6. The van der Waals surface area contributed by atoms with Crippen molar-refractivity contribution >= 4 is 12.3 Å². The highest BCUT2D eigenvalue weighted by molar-refractivity contribution is 5.90. The van der Waals surface area contributed by atoms with Gasteiger partial charge in [0.15, 0.2) is 0 Å². The van der Waals surface area contributed by atoms with Crippen LogP contribution in [-0.4, -0.2) is 78.1 Å². The van der Waals surface area contributed by atoms with E-state index in [0.29, 0.717) is 23.8 Å². The molecule has 4 bridgehead atoms. The number of aldehydes is 1. The number of carbonyl (C=O) groups is 2. The minimum absolute atomic E-state index is 0.0894. The number of carboxylic acid groups (broad SMARTS) is 1. The third-order valence-electron chi connectivity index (χ3n) is 16.1. The maximum atomic E-state index is 14.2. The summed E-state index contributed by atoms with van der Waals surface area (Å²) in [6.07, 6.45) is 23.0. The molecular weight excluding hydrogens is 584 g/mol. The summed E-state index contributed by atoms with van der Waals surface area (Å²) >= 11 is 0. The standard InChI is InChI=1S/C41H64N2O4/c1-27(2)35-21-31-22-39(26-44)34-15-14-28(3)33(34)23-40(31,41(35,39)38(45)46)37-20-30(19-29-11-5-6-12-29)36(47-37)25-43-18-10-7-13-32(43)24-42-16-8-4-9-17-42/h21,26-34,36-37H,4-20,22-25H2,1-3H3,(H,45,46)/t28-,30+,31?,32?,33-,34-,36+,37-,39?,40?,41+/m1/s1. The van der Waals surface area contributed by atoms with E-state index in [1.165, 1.54) is 103 Å². The molecule has 0 amide bonds. The van der Waals surface area contributed by atoms with Crippen molar-refractivity contribution in [2.75, 3.05) is 32.7 Å². The van der Waals surface area contributed by atoms with Gasteiger partial charge >= 0.3 is 5.97 Å². The van der Waals surface area contributed by atoms with E-state index in [4.69, 9.17) is 4.74 Å². The summed E-state index contributed by atoms with van der Waals surface area (Å²) in [7, 11) is 0. The van der Waals surface area contributed by atoms with Gasteiger partial charge in [-0.2, -0.15) is 0 Å². The van der Waals surface area contributed by atoms with Crippen LogP contribution in [0.15, 0.2) is 11.6 Å². The van der Waals surface area contributed by atoms with Gasteiger partial charge in [0.25, 0.3) is 0 Å². The molecule has 7 fully saturated rings. The molecule has 8 aliphatic rings. The molecule has 11 atom stereocenters. The molecule has 3 aliphatic heterocycles. The Morgan fingerprint density at radius 3 is 2.45 bits per heavy atom. The first-order valence-corrected chi connectivity index (χ1v) is 20.3. The third-order valence-corrected chi connectivity index (χ3v) is 16.1. The van der Waals surface area contributed by atoms with Gasteiger partial charge in [-0.25, -0.2) is 0 Å². The van der Waals surface area contributed by atoms with Crippen molar-refractivity contribution in [1.82, 2.24) is 9.80 Å². The lowest BCUT2D eigenvalue weighted by atomic mass is 9.41. The van der Waals surface area contributed by atoms with E-state index in [1.807, 2.05) is 0 Å². The van der Waals surface area contributed by atoms with E-state index in [1.54, 1.807) is 0 Å². The van der Waals surface area contributed by atoms with Crippen LogP contribution in [0, 0.1) is 57.7 Å². The molecule has 0 aromatic rings. The Balaban J connectivity index is 1.15. The van der Waals surface area contributed by atoms with Crippen LogP contribution in [0.5, 0.6) is 0 Å². The first-order valence-electron chi connectivity index (χ1n) is 20.3. The second-order valence-electron chi connectivity index (χ2n) is 18.4. The number of aliphatic carboxylic acids is 1. The molecule has 3 saturated heterocycles. The fraction of sp³-hybridized carbons (Fsp3) is 0.902. The molecule has 47 heavy (non-hydrogen) atoms. The van der Waals surface area contributed by atoms with Crippen molar-refractivity contribution in [3.63, 3.8) is 0 Å². The van der Waals surface area contributed by atoms with Crippen LogP contribution in [-0.2, 0) is 14.3 Å². The number of carboxylic acids is 1. The summed E-state index contributed by atoms with van der Waals surface area (Å²) in [5, 5.41) is 11.7. The minimum atomic E-state index is -1.13. The Labute approximate surface area is 284 Å². The van der Waals surface area contributed by atoms with Gasteiger partial charge in [0, 0.05) is 24.5 Å². The van der Waals surface area contributed by atoms with Gasteiger partial charge in [-0.3, -0.25) is 9.69 Å². The number of likely N-dealkylation sites (tertiary alicyclic amines) is 2. The van der Waals surface area contributed by atoms with Crippen LogP contribution in [0.3, 0.4) is 0 Å². The number of hydrogen-bond donors (Lipinski definition) is 1. The third kappa shape index (κ3) is 4.79. The summed E-state index contributed by atoms with van der Waals surface area (Å²) in [5.41, 5.74) is -1.40. The van der Waals surface area contributed by atoms with Gasteiger partial charge in [-0.05, 0) is 119 Å². The van der Waals surface area contributed by atoms with Gasteiger partial charge in [0.1, 0.15) is 11.7 Å². The molecule has 262 valence electrons. The second-order valence-corrected chi connectivity index (χ2v) is 18.4. The van der Waals surface area contributed by atoms with Crippen LogP contribution in [0.4, 0.5) is 0 Å². The normalized spacial score (nSPS) is 47.1. The minimum Gasteiger partial charge on any atom is -0.481 e. The van der Waals surface area contributed by atoms with Crippen LogP contribution < -0.4 is 0 Å². The molecule has 4 unspecified atom stereocenters. The number of fused-ring (bicyclic) bond motifs is 2. The number of hydrogen-bond acceptors (Lipinski definition) is 5. The molecule has 3 heterocycles. The lowest BCUT2D eigenvalue weighted by Crippen LogP contribution is -2.65. The Morgan fingerprint density at radius 1 is 0.979 bits per heavy atom. The summed E-state index contributed by atoms with van der Waals surface area (Å²) in [4.78, 5) is 33.5. The average molecular weight is 649 g/mol. The first kappa shape index (κ1) is 32.9. The molecule has 5 aliphatic carbocycles. The van der Waals surface area contributed by atoms with E-state index < -0.39 is 22.2 Å². The molecule has 1 N–H and O–H groups in total. The summed E-state index contributed by atoms with van der Waals surface area (Å²) in [5.74, 6) is 1.92. The topological polar surface area (TPSA) is 70.1 Å². The van der Waals surface area contributed by atoms with Crippen LogP contribution >= 0.6 is 0 Å². The van der Waals surface area contributed by atoms with Gasteiger partial charge in [0.2, 0.25) is 0 Å². The van der Waals surface area contributed by atoms with Crippen LogP contribution in [0.1, 0.15) is 124 Å². The lowest BCUT2D eigenvalue weighted by Gasteiger charge is -2.60. The van der Waals surface area contributed by atoms with E-state index >= 15 is 0 Å². The number of piperidine rings is 2. The molecule has 8 rings (SSSR count). The van der Waals surface area contributed by atoms with Gasteiger partial charge < -0.3 is 19.5 Å². The zero-order valence-corrected chi connectivity index (χ0v) is 29.8. The highest BCUT2D eigenvalue weighted by Gasteiger charge is 2.86. The molecule has 0 spiro atoms. The van der Waals surface area contributed by atoms with Crippen molar-refractivity contribution in [3.8, 4) is 0 Å². The van der Waals surface area contributed by atoms with Crippen molar-refractivity contribution in [3.05, 3.63) is 11.6 Å². The Kier molecular flexibility index (Phi) is 8.77. The van der Waals surface area contributed by atoms with Crippen LogP contribution in [0.25, 0.3) is 0 Å². The van der Waals surface area contributed by atoms with Gasteiger partial charge in [0.05, 0.1) is 17.6 Å². The molecule has 0 aromatic heterocycles. The van der Waals surface area contributed by atoms with Crippen LogP contribution in [0.2, 0.25) is 0 Å². The highest BCUT2D eigenvalue weighted by Crippen LogP contribution is 2.84. The molecule has 4 saturated carbocycles. The molecule has 0 radical (unpaired) electrons. The maximum Gasteiger partial charge on any atom is 0.315 e. The largest absolute Gasteiger partial charge is 0.481 e. The summed E-state index contributed by atoms with van der Waals surface area (Å²) in [6, 6.07) is 0.606. The van der Waals surface area contributed by atoms with Crippen molar-refractivity contribution in [2.45, 2.75) is 142 Å². The fourth-order valence-electron chi connectivity index (χ4n) is 14.3. The molecule has 6 nitrogen and oxygen atoms in total. The predicted octanol–water partition coefficient (Wildman–Crippen LogP) is 7.61. The Morgan fingerprint density at radius 2 is 1.72 bits per heavy atom. The smallest absolute Gasteiger partial charge is 0.315 e. The SMILES string of the molecule is CC(C)C1=CC2CC3(C=O)[C@@H]4CC[C@@H](C)[C@H]4CC2([C@H]2C[C@H](CC4CCCC4)[C@H](CN4CCCCC4CN4CCCCC4)O2)[C@]13C(=O)O. The zero-order valence-electron chi connectivity index (χ0n) is 29.8. The van der Waals surface area contributed by atoms with E-state index in [9.17, 15) is 14.7 Å². The van der Waals surface area contributed by atoms with E-state index in [-0.39, 0.29) is 30.0 Å². The number of ether oxygens (including phenoxy) is 1. The maximum absolute atomic E-state index is 14.2. The predicted molar refractivity (Wildman–Crippen MR) is 185 cm³/mol. The summed E-state index contributed by atoms with van der Waals surface area (Å²) in [6.45, 7) is 12.6. The second kappa shape index (κ2) is 12.5. The van der Waals surface area contributed by atoms with Gasteiger partial charge in [-0.15, -0.1) is 0 Å². The first-order chi connectivity index (χ1) is 22.7. The highest BCUT2D eigenvalue weighted by atomic mass is 16.5. The average Bonchev–Trinajstić information content (AvgIpc) is 3.88. The molecule has 0 aromatic carbocycles. The molecular formula is C41H64N2O4. The quantitative estimate of drug-likeness (QED) is 0.194. The Bertz CT molecular complexity index is 1220. The van der Waals surface area contributed by atoms with Crippen molar-refractivity contribution < 1.29 is 19.4 Å². The number of carbonyl (C=O) groups excluding carboxylic acids is 1. The number of nitrogens with zero attached hydrogens (tertiary/aromatic N) is 2. The van der Waals surface area contributed by atoms with Gasteiger partial charge in [-0.1, -0.05) is 77.4 Å². The molecule has 6 heteroatoms. The monoisotopic (exact) mass is 648 g/mol. The van der Waals surface area contributed by atoms with Crippen molar-refractivity contribution in [1.29, 1.82) is 0 Å². The summed E-state index contributed by atoms with van der Waals surface area (Å²) < 4.78 is 7.58. The number of rotatable bonds is 10. The van der Waals surface area contributed by atoms with E-state index in [2.05, 4.69) is 36.6 Å². The lowest BCUT2D eigenvalue weighted by molar-refractivity contribution is -0.198. The van der Waals surface area contributed by atoms with E-state index in [0.717, 1.165) is 50.1 Å².